The van der Waals surface area contributed by atoms with Crippen molar-refractivity contribution in [2.45, 2.75) is 11.8 Å². The molecule has 0 saturated heterocycles. The molecule has 68 valence electrons. The maximum Gasteiger partial charge on any atom is 0.0416 e. The Hall–Kier alpha value is -1.36. The van der Waals surface area contributed by atoms with E-state index in [0.717, 1.165) is 5.56 Å². The summed E-state index contributed by atoms with van der Waals surface area (Å²) in [7, 11) is 0. The number of hydrogen-bond acceptors (Lipinski definition) is 3. The molecule has 0 amide bonds. The topological polar surface area (TPSA) is 88.9 Å². The van der Waals surface area contributed by atoms with Crippen molar-refractivity contribution in [3.05, 3.63) is 34.2 Å². The molecule has 0 aliphatic heterocycles. The van der Waals surface area contributed by atoms with Crippen molar-refractivity contribution in [1.82, 2.24) is 0 Å². The van der Waals surface area contributed by atoms with E-state index < -0.39 is 11.1 Å². The highest BCUT2D eigenvalue weighted by Crippen LogP contribution is 2.21. The molecule has 0 N–H and O–H groups in total. The summed E-state index contributed by atoms with van der Waals surface area (Å²) < 4.78 is 21.1. The summed E-state index contributed by atoms with van der Waals surface area (Å²) in [6, 6.07) is 4.38. The Balaban J connectivity index is 3.26. The van der Waals surface area contributed by atoms with Crippen LogP contribution in [-0.4, -0.2) is 8.76 Å². The third-order valence-corrected chi connectivity index (χ3v) is 2.16. The maximum absolute atomic E-state index is 10.5. The van der Waals surface area contributed by atoms with Crippen LogP contribution in [0.15, 0.2) is 28.2 Å². The minimum atomic E-state index is -2.28. The average Bonchev–Trinajstić information content (AvgIpc) is 2.08. The van der Waals surface area contributed by atoms with E-state index in [0.29, 0.717) is 5.69 Å². The van der Waals surface area contributed by atoms with Crippen LogP contribution in [0.5, 0.6) is 0 Å². The summed E-state index contributed by atoms with van der Waals surface area (Å²) >= 11 is -2.28. The van der Waals surface area contributed by atoms with Crippen LogP contribution in [0.4, 0.5) is 5.69 Å². The molecule has 5 nitrogen and oxygen atoms in total. The number of aryl methyl sites for hydroxylation is 1. The van der Waals surface area contributed by atoms with Crippen LogP contribution < -0.4 is 0 Å². The van der Waals surface area contributed by atoms with Crippen molar-refractivity contribution in [2.24, 2.45) is 5.11 Å². The summed E-state index contributed by atoms with van der Waals surface area (Å²) in [5.74, 6) is 0. The highest BCUT2D eigenvalue weighted by molar-refractivity contribution is 7.79. The van der Waals surface area contributed by atoms with Crippen LogP contribution in [0, 0.1) is 6.92 Å². The molecule has 1 atom stereocenters. The van der Waals surface area contributed by atoms with E-state index in [1.807, 2.05) is 0 Å². The van der Waals surface area contributed by atoms with Gasteiger partial charge in [-0.2, -0.15) is 0 Å². The Labute approximate surface area is 77.3 Å². The zero-order chi connectivity index (χ0) is 9.84. The van der Waals surface area contributed by atoms with Crippen molar-refractivity contribution >= 4 is 16.8 Å². The fraction of sp³-hybridized carbons (Fsp3) is 0.143. The zero-order valence-electron chi connectivity index (χ0n) is 6.80. The van der Waals surface area contributed by atoms with Gasteiger partial charge in [0.1, 0.15) is 0 Å². The van der Waals surface area contributed by atoms with E-state index in [1.54, 1.807) is 13.0 Å². The van der Waals surface area contributed by atoms with Gasteiger partial charge >= 0.3 is 0 Å². The SMILES string of the molecule is Cc1ccc(S(=O)[O-])cc1N=[N+]=[N-]. The second-order valence-electron chi connectivity index (χ2n) is 2.37. The molecule has 0 aliphatic rings. The van der Waals surface area contributed by atoms with Gasteiger partial charge in [0.2, 0.25) is 0 Å². The minimum absolute atomic E-state index is 0.119. The molecule has 0 fully saturated rings. The highest BCUT2D eigenvalue weighted by Gasteiger charge is 1.97. The molecule has 0 radical (unpaired) electrons. The molecule has 6 heteroatoms. The van der Waals surface area contributed by atoms with Gasteiger partial charge in [-0.1, -0.05) is 11.2 Å². The lowest BCUT2D eigenvalue weighted by molar-refractivity contribution is 0.537. The smallest absolute Gasteiger partial charge is 0.0416 e. The predicted molar refractivity (Wildman–Crippen MR) is 47.2 cm³/mol. The van der Waals surface area contributed by atoms with Gasteiger partial charge in [0.05, 0.1) is 0 Å². The van der Waals surface area contributed by atoms with Crippen LogP contribution in [0.3, 0.4) is 0 Å². The normalized spacial score (nSPS) is 11.8. The van der Waals surface area contributed by atoms with Crippen LogP contribution in [0.25, 0.3) is 10.4 Å². The number of hydrogen-bond donors (Lipinski definition) is 0. The molecule has 0 heterocycles. The van der Waals surface area contributed by atoms with E-state index >= 15 is 0 Å². The lowest BCUT2D eigenvalue weighted by atomic mass is 10.2. The van der Waals surface area contributed by atoms with Crippen LogP contribution in [0.1, 0.15) is 5.56 Å². The number of azide groups is 1. The van der Waals surface area contributed by atoms with Crippen molar-refractivity contribution in [3.63, 3.8) is 0 Å². The predicted octanol–water partition coefficient (Wildman–Crippen LogP) is 2.17. The van der Waals surface area contributed by atoms with Gasteiger partial charge in [-0.3, -0.25) is 4.21 Å². The number of benzene rings is 1. The van der Waals surface area contributed by atoms with E-state index in [4.69, 9.17) is 5.53 Å². The van der Waals surface area contributed by atoms with Gasteiger partial charge < -0.3 is 4.55 Å². The van der Waals surface area contributed by atoms with Crippen molar-refractivity contribution in [3.8, 4) is 0 Å². The van der Waals surface area contributed by atoms with Gasteiger partial charge in [0.25, 0.3) is 0 Å². The first-order chi connectivity index (χ1) is 6.15. The lowest BCUT2D eigenvalue weighted by Gasteiger charge is -2.06. The average molecular weight is 196 g/mol. The monoisotopic (exact) mass is 196 g/mol. The fourth-order valence-corrected chi connectivity index (χ4v) is 1.24. The summed E-state index contributed by atoms with van der Waals surface area (Å²) in [6.45, 7) is 1.74. The largest absolute Gasteiger partial charge is 0.768 e. The van der Waals surface area contributed by atoms with E-state index in [-0.39, 0.29) is 4.90 Å². The second-order valence-corrected chi connectivity index (χ2v) is 3.31. The van der Waals surface area contributed by atoms with Crippen LogP contribution in [-0.2, 0) is 11.1 Å². The third-order valence-electron chi connectivity index (χ3n) is 1.53. The molecule has 0 aliphatic carbocycles. The van der Waals surface area contributed by atoms with E-state index in [9.17, 15) is 8.76 Å². The first-order valence-electron chi connectivity index (χ1n) is 3.40. The van der Waals surface area contributed by atoms with Crippen LogP contribution in [0.2, 0.25) is 0 Å². The lowest BCUT2D eigenvalue weighted by Crippen LogP contribution is -1.88. The molecule has 0 aromatic heterocycles. The second kappa shape index (κ2) is 4.04. The summed E-state index contributed by atoms with van der Waals surface area (Å²) in [4.78, 5) is 2.71. The van der Waals surface area contributed by atoms with Gasteiger partial charge in [0, 0.05) is 15.5 Å². The molecular weight excluding hydrogens is 190 g/mol. The van der Waals surface area contributed by atoms with Crippen molar-refractivity contribution < 1.29 is 8.76 Å². The van der Waals surface area contributed by atoms with Crippen LogP contribution >= 0.6 is 0 Å². The Bertz CT molecular complexity index is 399. The van der Waals surface area contributed by atoms with Crippen molar-refractivity contribution in [2.75, 3.05) is 0 Å². The minimum Gasteiger partial charge on any atom is -0.768 e. The molecule has 0 spiro atoms. The quantitative estimate of drug-likeness (QED) is 0.314. The van der Waals surface area contributed by atoms with E-state index in [1.165, 1.54) is 12.1 Å². The zero-order valence-corrected chi connectivity index (χ0v) is 7.61. The summed E-state index contributed by atoms with van der Waals surface area (Å²) in [6.07, 6.45) is 0. The van der Waals surface area contributed by atoms with Gasteiger partial charge in [-0.05, 0) is 41.2 Å². The molecule has 13 heavy (non-hydrogen) atoms. The molecule has 0 bridgehead atoms. The number of nitrogens with zero attached hydrogens (tertiary/aromatic N) is 3. The molecular formula is C7H6N3O2S-. The fourth-order valence-electron chi connectivity index (χ4n) is 0.849. The maximum atomic E-state index is 10.5. The first kappa shape index (κ1) is 9.73. The Morgan fingerprint density at radius 3 is 2.85 bits per heavy atom. The van der Waals surface area contributed by atoms with Gasteiger partial charge in [0.15, 0.2) is 0 Å². The third kappa shape index (κ3) is 2.29. The van der Waals surface area contributed by atoms with E-state index in [2.05, 4.69) is 10.0 Å². The molecule has 0 saturated carbocycles. The molecule has 1 rings (SSSR count). The first-order valence-corrected chi connectivity index (χ1v) is 4.47. The highest BCUT2D eigenvalue weighted by atomic mass is 32.2. The van der Waals surface area contributed by atoms with Crippen molar-refractivity contribution in [1.29, 1.82) is 0 Å². The number of rotatable bonds is 2. The van der Waals surface area contributed by atoms with Gasteiger partial charge in [-0.15, -0.1) is 0 Å². The standard InChI is InChI=1S/C7H7N3O2S/c1-5-2-3-6(13(11)12)4-7(5)9-10-8/h2-4H,1H3,(H,11,12)/p-1. The summed E-state index contributed by atoms with van der Waals surface area (Å²) in [5.41, 5.74) is 9.26. The van der Waals surface area contributed by atoms with Gasteiger partial charge in [-0.25, -0.2) is 0 Å². The Kier molecular flexibility index (Phi) is 3.02. The Morgan fingerprint density at radius 1 is 1.62 bits per heavy atom. The molecule has 1 unspecified atom stereocenters. The molecule has 1 aromatic carbocycles. The Morgan fingerprint density at radius 2 is 2.31 bits per heavy atom. The molecule has 1 aromatic rings. The summed E-state index contributed by atoms with van der Waals surface area (Å²) in [5, 5.41) is 3.36.